The molecule has 1 aromatic carbocycles. The third kappa shape index (κ3) is 3.20. The number of hydrogen-bond acceptors (Lipinski definition) is 0. The zero-order chi connectivity index (χ0) is 13.4. The van der Waals surface area contributed by atoms with Crippen molar-refractivity contribution in [3.63, 3.8) is 0 Å². The van der Waals surface area contributed by atoms with Gasteiger partial charge in [-0.2, -0.15) is 13.2 Å². The molecule has 0 aliphatic carbocycles. The average molecular weight is 248 g/mol. The second-order valence-corrected chi connectivity index (χ2v) is 5.32. The molecular formula is C13H16F4. The molecule has 1 atom stereocenters. The minimum atomic E-state index is -4.64. The van der Waals surface area contributed by atoms with Crippen LogP contribution < -0.4 is 0 Å². The van der Waals surface area contributed by atoms with Crippen LogP contribution in [0.4, 0.5) is 17.6 Å². The van der Waals surface area contributed by atoms with Gasteiger partial charge in [0.25, 0.3) is 0 Å². The van der Waals surface area contributed by atoms with Gasteiger partial charge in [-0.25, -0.2) is 4.39 Å². The summed E-state index contributed by atoms with van der Waals surface area (Å²) in [5, 5.41) is 0. The first kappa shape index (κ1) is 14.0. The zero-order valence-corrected chi connectivity index (χ0v) is 10.3. The van der Waals surface area contributed by atoms with E-state index in [9.17, 15) is 17.6 Å². The van der Waals surface area contributed by atoms with Crippen LogP contribution in [0.1, 0.15) is 44.7 Å². The van der Waals surface area contributed by atoms with E-state index in [1.165, 1.54) is 6.07 Å². The molecule has 4 heteroatoms. The Morgan fingerprint density at radius 2 is 1.59 bits per heavy atom. The van der Waals surface area contributed by atoms with Crippen molar-refractivity contribution in [1.82, 2.24) is 0 Å². The first-order chi connectivity index (χ1) is 7.53. The molecule has 0 bridgehead atoms. The molecule has 1 unspecified atom stereocenters. The summed E-state index contributed by atoms with van der Waals surface area (Å²) in [6.45, 7) is 7.66. The van der Waals surface area contributed by atoms with Crippen LogP contribution in [0.15, 0.2) is 18.2 Å². The number of hydrogen-bond donors (Lipinski definition) is 0. The van der Waals surface area contributed by atoms with Gasteiger partial charge in [0.05, 0.1) is 5.56 Å². The van der Waals surface area contributed by atoms with Gasteiger partial charge in [-0.05, 0) is 29.0 Å². The van der Waals surface area contributed by atoms with Gasteiger partial charge in [0.15, 0.2) is 0 Å². The molecule has 1 rings (SSSR count). The maximum atomic E-state index is 13.1. The molecule has 0 nitrogen and oxygen atoms in total. The van der Waals surface area contributed by atoms with Gasteiger partial charge in [0, 0.05) is 0 Å². The highest BCUT2D eigenvalue weighted by Crippen LogP contribution is 2.38. The minimum Gasteiger partial charge on any atom is -0.206 e. The van der Waals surface area contributed by atoms with Crippen LogP contribution in [0.2, 0.25) is 0 Å². The Morgan fingerprint density at radius 3 is 2.00 bits per heavy atom. The highest BCUT2D eigenvalue weighted by molar-refractivity contribution is 5.30. The summed E-state index contributed by atoms with van der Waals surface area (Å²) >= 11 is 0. The predicted molar refractivity (Wildman–Crippen MR) is 59.3 cm³/mol. The van der Waals surface area contributed by atoms with E-state index < -0.39 is 17.6 Å². The summed E-state index contributed by atoms with van der Waals surface area (Å²) in [6.07, 6.45) is -4.64. The Kier molecular flexibility index (Phi) is 3.55. The highest BCUT2D eigenvalue weighted by Gasteiger charge is 2.35. The highest BCUT2D eigenvalue weighted by atomic mass is 19.4. The van der Waals surface area contributed by atoms with Crippen molar-refractivity contribution in [2.24, 2.45) is 5.41 Å². The summed E-state index contributed by atoms with van der Waals surface area (Å²) in [6, 6.07) is 3.21. The van der Waals surface area contributed by atoms with Gasteiger partial charge in [0.1, 0.15) is 5.82 Å². The van der Waals surface area contributed by atoms with Crippen LogP contribution in [-0.2, 0) is 6.18 Å². The second kappa shape index (κ2) is 4.31. The lowest BCUT2D eigenvalue weighted by Crippen LogP contribution is -2.17. The number of halogens is 4. The fraction of sp³-hybridized carbons (Fsp3) is 0.538. The van der Waals surface area contributed by atoms with Crippen LogP contribution in [-0.4, -0.2) is 0 Å². The Hall–Kier alpha value is -1.06. The molecular weight excluding hydrogens is 232 g/mol. The van der Waals surface area contributed by atoms with Crippen molar-refractivity contribution in [2.45, 2.75) is 39.8 Å². The van der Waals surface area contributed by atoms with Crippen LogP contribution in [0, 0.1) is 11.2 Å². The van der Waals surface area contributed by atoms with E-state index in [0.717, 1.165) is 12.1 Å². The average Bonchev–Trinajstić information content (AvgIpc) is 2.14. The Labute approximate surface area is 98.6 Å². The standard InChI is InChI=1S/C13H16F4/c1-8(12(2,3)4)9-5-6-11(14)10(7-9)13(15,16)17/h5-8H,1-4H3. The Balaban J connectivity index is 3.23. The van der Waals surface area contributed by atoms with Crippen molar-refractivity contribution in [3.05, 3.63) is 35.1 Å². The largest absolute Gasteiger partial charge is 0.419 e. The lowest BCUT2D eigenvalue weighted by molar-refractivity contribution is -0.140. The van der Waals surface area contributed by atoms with E-state index in [1.54, 1.807) is 0 Å². The second-order valence-electron chi connectivity index (χ2n) is 5.32. The van der Waals surface area contributed by atoms with E-state index in [1.807, 2.05) is 27.7 Å². The van der Waals surface area contributed by atoms with Crippen molar-refractivity contribution in [2.75, 3.05) is 0 Å². The van der Waals surface area contributed by atoms with E-state index in [0.29, 0.717) is 5.56 Å². The number of alkyl halides is 3. The first-order valence-corrected chi connectivity index (χ1v) is 5.40. The van der Waals surface area contributed by atoms with E-state index in [4.69, 9.17) is 0 Å². The van der Waals surface area contributed by atoms with Gasteiger partial charge >= 0.3 is 6.18 Å². The molecule has 0 aliphatic rings. The summed E-state index contributed by atoms with van der Waals surface area (Å²) < 4.78 is 50.8. The van der Waals surface area contributed by atoms with Crippen LogP contribution in [0.3, 0.4) is 0 Å². The zero-order valence-electron chi connectivity index (χ0n) is 10.3. The molecule has 0 fully saturated rings. The summed E-state index contributed by atoms with van der Waals surface area (Å²) in [7, 11) is 0. The van der Waals surface area contributed by atoms with Crippen LogP contribution in [0.25, 0.3) is 0 Å². The molecule has 0 radical (unpaired) electrons. The molecule has 0 saturated carbocycles. The van der Waals surface area contributed by atoms with Crippen molar-refractivity contribution in [3.8, 4) is 0 Å². The van der Waals surface area contributed by atoms with E-state index in [-0.39, 0.29) is 11.3 Å². The molecule has 17 heavy (non-hydrogen) atoms. The van der Waals surface area contributed by atoms with Gasteiger partial charge < -0.3 is 0 Å². The van der Waals surface area contributed by atoms with E-state index >= 15 is 0 Å². The molecule has 0 spiro atoms. The fourth-order valence-electron chi connectivity index (χ4n) is 1.53. The minimum absolute atomic E-state index is 0.0794. The molecule has 0 aliphatic heterocycles. The van der Waals surface area contributed by atoms with Gasteiger partial charge in [-0.1, -0.05) is 33.8 Å². The third-order valence-corrected chi connectivity index (χ3v) is 3.09. The molecule has 0 N–H and O–H groups in total. The quantitative estimate of drug-likeness (QED) is 0.614. The van der Waals surface area contributed by atoms with Crippen molar-refractivity contribution >= 4 is 0 Å². The monoisotopic (exact) mass is 248 g/mol. The topological polar surface area (TPSA) is 0 Å². The lowest BCUT2D eigenvalue weighted by Gasteiger charge is -2.28. The molecule has 96 valence electrons. The molecule has 0 heterocycles. The number of benzene rings is 1. The van der Waals surface area contributed by atoms with Crippen molar-refractivity contribution < 1.29 is 17.6 Å². The van der Waals surface area contributed by atoms with Crippen molar-refractivity contribution in [1.29, 1.82) is 0 Å². The maximum absolute atomic E-state index is 13.1. The summed E-state index contributed by atoms with van der Waals surface area (Å²) in [5.41, 5.74) is -0.849. The first-order valence-electron chi connectivity index (χ1n) is 5.40. The van der Waals surface area contributed by atoms with E-state index in [2.05, 4.69) is 0 Å². The van der Waals surface area contributed by atoms with Gasteiger partial charge in [-0.3, -0.25) is 0 Å². The normalized spacial score (nSPS) is 14.8. The molecule has 0 aromatic heterocycles. The SMILES string of the molecule is CC(c1ccc(F)c(C(F)(F)F)c1)C(C)(C)C. The Morgan fingerprint density at radius 1 is 1.06 bits per heavy atom. The predicted octanol–water partition coefficient (Wildman–Crippen LogP) is 4.99. The molecule has 0 saturated heterocycles. The molecule has 0 amide bonds. The third-order valence-electron chi connectivity index (χ3n) is 3.09. The lowest BCUT2D eigenvalue weighted by atomic mass is 9.77. The van der Waals surface area contributed by atoms with Gasteiger partial charge in [-0.15, -0.1) is 0 Å². The molecule has 1 aromatic rings. The smallest absolute Gasteiger partial charge is 0.206 e. The van der Waals surface area contributed by atoms with Crippen LogP contribution in [0.5, 0.6) is 0 Å². The van der Waals surface area contributed by atoms with Gasteiger partial charge in [0.2, 0.25) is 0 Å². The summed E-state index contributed by atoms with van der Waals surface area (Å²) in [4.78, 5) is 0. The maximum Gasteiger partial charge on any atom is 0.419 e. The van der Waals surface area contributed by atoms with Crippen LogP contribution >= 0.6 is 0 Å². The Bertz CT molecular complexity index is 399. The fourth-order valence-corrected chi connectivity index (χ4v) is 1.53. The summed E-state index contributed by atoms with van der Waals surface area (Å²) in [5.74, 6) is -1.30. The number of rotatable bonds is 1.